The van der Waals surface area contributed by atoms with Crippen molar-refractivity contribution >= 4 is 17.7 Å². The van der Waals surface area contributed by atoms with Crippen LogP contribution in [0.3, 0.4) is 0 Å². The number of carbonyl (C=O) groups excluding carboxylic acids is 1. The summed E-state index contributed by atoms with van der Waals surface area (Å²) >= 11 is 1.72. The Morgan fingerprint density at radius 2 is 2.12 bits per heavy atom. The molecule has 0 aromatic heterocycles. The molecule has 0 radical (unpaired) electrons. The molecule has 1 fully saturated rings. The smallest absolute Gasteiger partial charge is 0.251 e. The minimum absolute atomic E-state index is 0.0106. The van der Waals surface area contributed by atoms with E-state index in [2.05, 4.69) is 35.1 Å². The Bertz CT molecular complexity index is 696. The number of hydrogen-bond donors (Lipinski definition) is 2. The van der Waals surface area contributed by atoms with Crippen LogP contribution in [0.1, 0.15) is 29.6 Å². The first-order valence-corrected chi connectivity index (χ1v) is 9.75. The second-order valence-electron chi connectivity index (χ2n) is 6.12. The molecule has 1 aliphatic rings. The molecule has 3 nitrogen and oxygen atoms in total. The molecule has 1 amide bonds. The fourth-order valence-corrected chi connectivity index (χ4v) is 3.80. The van der Waals surface area contributed by atoms with E-state index < -0.39 is 0 Å². The van der Waals surface area contributed by atoms with Gasteiger partial charge in [-0.1, -0.05) is 30.3 Å². The third-order valence-corrected chi connectivity index (χ3v) is 5.28. The Balaban J connectivity index is 1.67. The summed E-state index contributed by atoms with van der Waals surface area (Å²) < 4.78 is 0. The largest absolute Gasteiger partial charge is 0.352 e. The van der Waals surface area contributed by atoms with E-state index in [1.54, 1.807) is 11.8 Å². The van der Waals surface area contributed by atoms with E-state index in [4.69, 9.17) is 0 Å². The molecule has 2 aromatic carbocycles. The molecular weight excluding hydrogens is 316 g/mol. The molecule has 0 unspecified atom stereocenters. The lowest BCUT2D eigenvalue weighted by Crippen LogP contribution is -2.30. The molecule has 4 heteroatoms. The highest BCUT2D eigenvalue weighted by atomic mass is 32.2. The first-order valence-electron chi connectivity index (χ1n) is 8.53. The molecule has 1 aliphatic heterocycles. The van der Waals surface area contributed by atoms with Crippen molar-refractivity contribution in [3.63, 3.8) is 0 Å². The lowest BCUT2D eigenvalue weighted by atomic mass is 10.0. The van der Waals surface area contributed by atoms with Crippen LogP contribution < -0.4 is 10.6 Å². The third kappa shape index (κ3) is 4.19. The highest BCUT2D eigenvalue weighted by molar-refractivity contribution is 7.98. The van der Waals surface area contributed by atoms with E-state index in [0.29, 0.717) is 6.04 Å². The molecule has 24 heavy (non-hydrogen) atoms. The van der Waals surface area contributed by atoms with Gasteiger partial charge in [0.15, 0.2) is 0 Å². The van der Waals surface area contributed by atoms with Gasteiger partial charge in [-0.05, 0) is 61.4 Å². The number of benzene rings is 2. The molecule has 0 saturated carbocycles. The van der Waals surface area contributed by atoms with Crippen LogP contribution in [0.25, 0.3) is 11.1 Å². The van der Waals surface area contributed by atoms with Gasteiger partial charge in [0.2, 0.25) is 0 Å². The van der Waals surface area contributed by atoms with Crippen LogP contribution >= 0.6 is 11.8 Å². The van der Waals surface area contributed by atoms with Crippen molar-refractivity contribution in [2.75, 3.05) is 19.3 Å². The molecule has 2 N–H and O–H groups in total. The Kier molecular flexibility index (Phi) is 5.94. The highest BCUT2D eigenvalue weighted by Gasteiger charge is 2.14. The van der Waals surface area contributed by atoms with Crippen LogP contribution in [0, 0.1) is 0 Å². The maximum Gasteiger partial charge on any atom is 0.251 e. The zero-order valence-electron chi connectivity index (χ0n) is 14.0. The van der Waals surface area contributed by atoms with E-state index in [1.807, 2.05) is 30.3 Å². The normalized spacial score (nSPS) is 17.0. The van der Waals surface area contributed by atoms with Crippen LogP contribution in [0.2, 0.25) is 0 Å². The van der Waals surface area contributed by atoms with Crippen molar-refractivity contribution in [2.24, 2.45) is 0 Å². The standard InChI is InChI=1S/C20H24N2OS/c1-24-19-10-3-2-9-18(19)15-6-4-7-16(14-15)20(23)22-13-11-17-8-5-12-21-17/h2-4,6-7,9-10,14,17,21H,5,8,11-13H2,1H3,(H,22,23)/t17-/m1/s1. The first kappa shape index (κ1) is 17.1. The number of nitrogens with one attached hydrogen (secondary N) is 2. The quantitative estimate of drug-likeness (QED) is 0.783. The molecule has 3 rings (SSSR count). The van der Waals surface area contributed by atoms with E-state index in [1.165, 1.54) is 23.3 Å². The second kappa shape index (κ2) is 8.36. The van der Waals surface area contributed by atoms with Crippen molar-refractivity contribution in [1.82, 2.24) is 10.6 Å². The number of carbonyl (C=O) groups is 1. The molecule has 1 heterocycles. The van der Waals surface area contributed by atoms with Gasteiger partial charge in [-0.25, -0.2) is 0 Å². The summed E-state index contributed by atoms with van der Waals surface area (Å²) in [5.41, 5.74) is 2.99. The Hall–Kier alpha value is -1.78. The topological polar surface area (TPSA) is 41.1 Å². The molecular formula is C20H24N2OS. The Labute approximate surface area is 148 Å². The molecule has 1 saturated heterocycles. The summed E-state index contributed by atoms with van der Waals surface area (Å²) in [6.45, 7) is 1.83. The van der Waals surface area contributed by atoms with Crippen molar-refractivity contribution < 1.29 is 4.79 Å². The van der Waals surface area contributed by atoms with Crippen LogP contribution in [0.15, 0.2) is 53.4 Å². The van der Waals surface area contributed by atoms with Crippen molar-refractivity contribution in [3.05, 3.63) is 54.1 Å². The summed E-state index contributed by atoms with van der Waals surface area (Å²) in [5, 5.41) is 6.51. The molecule has 0 spiro atoms. The van der Waals surface area contributed by atoms with E-state index in [-0.39, 0.29) is 5.91 Å². The minimum Gasteiger partial charge on any atom is -0.352 e. The van der Waals surface area contributed by atoms with E-state index >= 15 is 0 Å². The molecule has 0 aliphatic carbocycles. The van der Waals surface area contributed by atoms with Crippen molar-refractivity contribution in [2.45, 2.75) is 30.2 Å². The van der Waals surface area contributed by atoms with Crippen LogP contribution in [-0.2, 0) is 0 Å². The first-order chi connectivity index (χ1) is 11.8. The monoisotopic (exact) mass is 340 g/mol. The third-order valence-electron chi connectivity index (χ3n) is 4.48. The van der Waals surface area contributed by atoms with Gasteiger partial charge in [0.1, 0.15) is 0 Å². The molecule has 1 atom stereocenters. The van der Waals surface area contributed by atoms with Gasteiger partial charge in [0, 0.05) is 23.0 Å². The minimum atomic E-state index is 0.0106. The van der Waals surface area contributed by atoms with Crippen molar-refractivity contribution in [1.29, 1.82) is 0 Å². The van der Waals surface area contributed by atoms with E-state index in [0.717, 1.165) is 30.6 Å². The highest BCUT2D eigenvalue weighted by Crippen LogP contribution is 2.30. The number of hydrogen-bond acceptors (Lipinski definition) is 3. The van der Waals surface area contributed by atoms with E-state index in [9.17, 15) is 4.79 Å². The zero-order valence-corrected chi connectivity index (χ0v) is 14.9. The van der Waals surface area contributed by atoms with Gasteiger partial charge >= 0.3 is 0 Å². The maximum absolute atomic E-state index is 12.4. The SMILES string of the molecule is CSc1ccccc1-c1cccc(C(=O)NCC[C@H]2CCCN2)c1. The van der Waals surface area contributed by atoms with Gasteiger partial charge < -0.3 is 10.6 Å². The second-order valence-corrected chi connectivity index (χ2v) is 6.97. The number of amides is 1. The molecule has 2 aromatic rings. The van der Waals surface area contributed by atoms with Gasteiger partial charge in [-0.3, -0.25) is 4.79 Å². The maximum atomic E-state index is 12.4. The molecule has 0 bridgehead atoms. The average Bonchev–Trinajstić information content (AvgIpc) is 3.15. The number of rotatable bonds is 6. The zero-order chi connectivity index (χ0) is 16.8. The summed E-state index contributed by atoms with van der Waals surface area (Å²) in [7, 11) is 0. The van der Waals surface area contributed by atoms with Gasteiger partial charge in [-0.2, -0.15) is 0 Å². The fourth-order valence-electron chi connectivity index (χ4n) is 3.18. The average molecular weight is 340 g/mol. The summed E-state index contributed by atoms with van der Waals surface area (Å²) in [6.07, 6.45) is 5.54. The van der Waals surface area contributed by atoms with Crippen molar-refractivity contribution in [3.8, 4) is 11.1 Å². The van der Waals surface area contributed by atoms with Gasteiger partial charge in [0.25, 0.3) is 5.91 Å². The predicted octanol–water partition coefficient (Wildman–Crippen LogP) is 3.95. The Morgan fingerprint density at radius 3 is 2.92 bits per heavy atom. The summed E-state index contributed by atoms with van der Waals surface area (Å²) in [4.78, 5) is 13.6. The van der Waals surface area contributed by atoms with Gasteiger partial charge in [0.05, 0.1) is 0 Å². The van der Waals surface area contributed by atoms with Gasteiger partial charge in [-0.15, -0.1) is 11.8 Å². The lowest BCUT2D eigenvalue weighted by Gasteiger charge is -2.12. The Morgan fingerprint density at radius 1 is 1.25 bits per heavy atom. The van der Waals surface area contributed by atoms with Crippen LogP contribution in [0.4, 0.5) is 0 Å². The summed E-state index contributed by atoms with van der Waals surface area (Å²) in [5.74, 6) is 0.0106. The lowest BCUT2D eigenvalue weighted by molar-refractivity contribution is 0.0952. The molecule has 126 valence electrons. The summed E-state index contributed by atoms with van der Waals surface area (Å²) in [6, 6.07) is 16.8. The van der Waals surface area contributed by atoms with Crippen LogP contribution in [0.5, 0.6) is 0 Å². The predicted molar refractivity (Wildman–Crippen MR) is 102 cm³/mol. The number of thioether (sulfide) groups is 1. The van der Waals surface area contributed by atoms with Crippen LogP contribution in [-0.4, -0.2) is 31.3 Å². The fraction of sp³-hybridized carbons (Fsp3) is 0.350.